The third kappa shape index (κ3) is 6.60. The van der Waals surface area contributed by atoms with Crippen molar-refractivity contribution in [3.05, 3.63) is 0 Å². The topological polar surface area (TPSA) is 115 Å². The van der Waals surface area contributed by atoms with Crippen LogP contribution in [-0.4, -0.2) is 44.6 Å². The zero-order valence-corrected chi connectivity index (χ0v) is 44.9. The second-order valence-corrected chi connectivity index (χ2v) is 30.7. The van der Waals surface area contributed by atoms with Crippen LogP contribution >= 0.6 is 0 Å². The van der Waals surface area contributed by atoms with Gasteiger partial charge in [-0.25, -0.2) is 0 Å². The predicted octanol–water partition coefficient (Wildman–Crippen LogP) is 14.5. The van der Waals surface area contributed by atoms with Crippen LogP contribution in [0.25, 0.3) is 0 Å². The molecule has 10 fully saturated rings. The van der Waals surface area contributed by atoms with E-state index in [1.165, 1.54) is 51.4 Å². The Kier molecular flexibility index (Phi) is 11.7. The van der Waals surface area contributed by atoms with Crippen LogP contribution < -0.4 is 0 Å². The zero-order chi connectivity index (χ0) is 48.4. The summed E-state index contributed by atoms with van der Waals surface area (Å²) < 4.78 is 0. The number of aliphatic hydroxyl groups excluding tert-OH is 2. The molecule has 376 valence electrons. The summed E-state index contributed by atoms with van der Waals surface area (Å²) in [5, 5.41) is 43.0. The average molecular weight is 917 g/mol. The van der Waals surface area contributed by atoms with Crippen molar-refractivity contribution in [3.63, 3.8) is 0 Å². The Morgan fingerprint density at radius 2 is 0.848 bits per heavy atom. The van der Waals surface area contributed by atoms with E-state index in [4.69, 9.17) is 0 Å². The van der Waals surface area contributed by atoms with Crippen LogP contribution in [0.1, 0.15) is 232 Å². The van der Waals surface area contributed by atoms with Gasteiger partial charge in [-0.3, -0.25) is 9.59 Å². The van der Waals surface area contributed by atoms with Gasteiger partial charge in [0.05, 0.1) is 23.0 Å². The molecule has 0 amide bonds. The van der Waals surface area contributed by atoms with Crippen LogP contribution in [0.5, 0.6) is 0 Å². The fraction of sp³-hybridized carbons (Fsp3) is 0.967. The molecular formula is C60H100O6. The van der Waals surface area contributed by atoms with Crippen LogP contribution in [0, 0.1) is 119 Å². The van der Waals surface area contributed by atoms with E-state index in [9.17, 15) is 30.0 Å². The van der Waals surface area contributed by atoms with Gasteiger partial charge in [-0.05, 0) is 243 Å². The standard InChI is InChI=1S/2C30H50O3/c1-18-10-13-30(25(32)33)15-14-28(6)21(24(30)19(18)2)8-9-23-27(5)17-20(31)16-26(3,4)22(27)11-12-29(23,28)7;1-25(2)12-14-30(24(32)33)15-13-28(6)20(21(30)18-25)8-9-23-27(5)17-19(31)16-26(3,4)22(27)10-11-29(23,28)7/h18-24,31H,8-17H2,1-7H3,(H,32,33);19-23,31H,8-18H2,1-7H3,(H,32,33)/t18-,19+,20-,21?,22+,23-,24+,27+,28-,29-,30+;19-,20?,21+,22+,23-,27+,28-,29-,30+/m11/s1. The summed E-state index contributed by atoms with van der Waals surface area (Å²) in [7, 11) is 0. The van der Waals surface area contributed by atoms with Gasteiger partial charge in [0.1, 0.15) is 0 Å². The average Bonchev–Trinajstić information content (AvgIpc) is 3.18. The summed E-state index contributed by atoms with van der Waals surface area (Å²) in [6.45, 7) is 34.5. The first-order valence-electron chi connectivity index (χ1n) is 28.2. The minimum absolute atomic E-state index is 0.181. The molecule has 0 heterocycles. The van der Waals surface area contributed by atoms with E-state index >= 15 is 0 Å². The smallest absolute Gasteiger partial charge is 0.309 e. The molecule has 0 saturated heterocycles. The molecule has 0 aromatic rings. The summed E-state index contributed by atoms with van der Waals surface area (Å²) >= 11 is 0. The minimum atomic E-state index is -0.509. The first-order chi connectivity index (χ1) is 30.3. The van der Waals surface area contributed by atoms with Crippen molar-refractivity contribution in [2.24, 2.45) is 119 Å². The summed E-state index contributed by atoms with van der Waals surface area (Å²) in [4.78, 5) is 25.6. The normalized spacial score (nSPS) is 56.3. The Labute approximate surface area is 403 Å². The highest BCUT2D eigenvalue weighted by Crippen LogP contribution is 2.79. The number of carbonyl (C=O) groups is 2. The number of rotatable bonds is 2. The molecule has 0 aromatic heterocycles. The lowest BCUT2D eigenvalue weighted by atomic mass is 9.31. The third-order valence-electron chi connectivity index (χ3n) is 27.0. The lowest BCUT2D eigenvalue weighted by Crippen LogP contribution is -2.68. The Morgan fingerprint density at radius 1 is 0.409 bits per heavy atom. The van der Waals surface area contributed by atoms with Gasteiger partial charge in [0, 0.05) is 0 Å². The lowest BCUT2D eigenvalue weighted by molar-refractivity contribution is -0.256. The van der Waals surface area contributed by atoms with Gasteiger partial charge in [-0.15, -0.1) is 0 Å². The minimum Gasteiger partial charge on any atom is -0.481 e. The van der Waals surface area contributed by atoms with Gasteiger partial charge >= 0.3 is 11.9 Å². The van der Waals surface area contributed by atoms with Crippen molar-refractivity contribution >= 4 is 11.9 Å². The number of carboxylic acids is 2. The Bertz CT molecular complexity index is 1920. The highest BCUT2D eigenvalue weighted by molar-refractivity contribution is 5.76. The lowest BCUT2D eigenvalue weighted by Gasteiger charge is -2.73. The summed E-state index contributed by atoms with van der Waals surface area (Å²) in [6.07, 6.45) is 22.2. The molecule has 6 heteroatoms. The van der Waals surface area contributed by atoms with Gasteiger partial charge in [0.2, 0.25) is 0 Å². The van der Waals surface area contributed by atoms with Crippen molar-refractivity contribution in [1.82, 2.24) is 0 Å². The van der Waals surface area contributed by atoms with Gasteiger partial charge in [-0.1, -0.05) is 96.9 Å². The van der Waals surface area contributed by atoms with E-state index < -0.39 is 22.8 Å². The molecular weight excluding hydrogens is 817 g/mol. The van der Waals surface area contributed by atoms with Gasteiger partial charge in [0.15, 0.2) is 0 Å². The first kappa shape index (κ1) is 49.8. The highest BCUT2D eigenvalue weighted by Gasteiger charge is 2.73. The van der Waals surface area contributed by atoms with Crippen molar-refractivity contribution in [1.29, 1.82) is 0 Å². The van der Waals surface area contributed by atoms with Crippen molar-refractivity contribution < 1.29 is 30.0 Å². The maximum Gasteiger partial charge on any atom is 0.309 e. The summed E-state index contributed by atoms with van der Waals surface area (Å²) in [5.74, 6) is 4.39. The molecule has 0 aliphatic heterocycles. The van der Waals surface area contributed by atoms with E-state index in [2.05, 4.69) is 96.9 Å². The molecule has 10 saturated carbocycles. The number of carboxylic acid groups (broad SMARTS) is 2. The van der Waals surface area contributed by atoms with Crippen LogP contribution in [0.15, 0.2) is 0 Å². The quantitative estimate of drug-likeness (QED) is 0.219. The molecule has 0 aromatic carbocycles. The van der Waals surface area contributed by atoms with E-state index in [1.807, 2.05) is 0 Å². The zero-order valence-electron chi connectivity index (χ0n) is 44.9. The molecule has 10 rings (SSSR count). The molecule has 0 bridgehead atoms. The van der Waals surface area contributed by atoms with Crippen molar-refractivity contribution in [2.45, 2.75) is 244 Å². The largest absolute Gasteiger partial charge is 0.481 e. The Morgan fingerprint density at radius 3 is 1.33 bits per heavy atom. The Hall–Kier alpha value is -1.14. The van der Waals surface area contributed by atoms with E-state index in [0.717, 1.165) is 83.5 Å². The molecule has 4 N–H and O–H groups in total. The highest BCUT2D eigenvalue weighted by atomic mass is 16.4. The van der Waals surface area contributed by atoms with Crippen LogP contribution in [-0.2, 0) is 9.59 Å². The van der Waals surface area contributed by atoms with E-state index in [0.29, 0.717) is 59.2 Å². The number of fused-ring (bicyclic) bond motifs is 14. The van der Waals surface area contributed by atoms with Gasteiger partial charge < -0.3 is 20.4 Å². The second kappa shape index (κ2) is 15.4. The summed E-state index contributed by atoms with van der Waals surface area (Å²) in [6, 6.07) is 0. The molecule has 20 atom stereocenters. The van der Waals surface area contributed by atoms with E-state index in [1.54, 1.807) is 0 Å². The van der Waals surface area contributed by atoms with Crippen LogP contribution in [0.4, 0.5) is 0 Å². The fourth-order valence-corrected chi connectivity index (χ4v) is 23.6. The van der Waals surface area contributed by atoms with Crippen LogP contribution in [0.2, 0.25) is 0 Å². The second-order valence-electron chi connectivity index (χ2n) is 30.7. The molecule has 6 nitrogen and oxygen atoms in total. The predicted molar refractivity (Wildman–Crippen MR) is 265 cm³/mol. The molecule has 10 aliphatic carbocycles. The van der Waals surface area contributed by atoms with Gasteiger partial charge in [0.25, 0.3) is 0 Å². The molecule has 2 unspecified atom stereocenters. The maximum absolute atomic E-state index is 12.8. The fourth-order valence-electron chi connectivity index (χ4n) is 23.6. The van der Waals surface area contributed by atoms with Gasteiger partial charge in [-0.2, -0.15) is 0 Å². The third-order valence-corrected chi connectivity index (χ3v) is 27.0. The van der Waals surface area contributed by atoms with Crippen molar-refractivity contribution in [3.8, 4) is 0 Å². The molecule has 0 spiro atoms. The Balaban J connectivity index is 0.000000166. The van der Waals surface area contributed by atoms with Crippen LogP contribution in [0.3, 0.4) is 0 Å². The number of aliphatic hydroxyl groups is 2. The number of hydrogen-bond acceptors (Lipinski definition) is 4. The van der Waals surface area contributed by atoms with Crippen molar-refractivity contribution in [2.75, 3.05) is 0 Å². The first-order valence-corrected chi connectivity index (χ1v) is 28.2. The van der Waals surface area contributed by atoms with E-state index in [-0.39, 0.29) is 60.9 Å². The SMILES string of the molecule is CC1(C)CC[C@]2(C(=O)O)CC[C@]3(C)C(CC[C@@H]4[C@@]5(C)C[C@H](O)CC(C)(C)[C@@H]5CC[C@]43C)[C@@H]2C1.C[C@H]1[C@H](C)CC[C@]2(C(=O)O)CC[C@]3(C)C(CC[C@@H]4[C@@]5(C)C[C@H](O)CC(C)(C)[C@@H]5CC[C@]43C)[C@H]12. The monoisotopic (exact) mass is 917 g/mol. The number of aliphatic carboxylic acids is 2. The maximum atomic E-state index is 12.8. The molecule has 10 aliphatic rings. The number of hydrogen-bond donors (Lipinski definition) is 4. The summed E-state index contributed by atoms with van der Waals surface area (Å²) in [5.41, 5.74) is 0.911. The molecule has 66 heavy (non-hydrogen) atoms. The molecule has 0 radical (unpaired) electrons.